The van der Waals surface area contributed by atoms with Crippen molar-refractivity contribution < 1.29 is 13.2 Å². The van der Waals surface area contributed by atoms with E-state index in [0.29, 0.717) is 11.3 Å². The van der Waals surface area contributed by atoms with E-state index in [0.717, 1.165) is 10.9 Å². The molecule has 1 amide bonds. The van der Waals surface area contributed by atoms with E-state index in [9.17, 15) is 13.2 Å². The monoisotopic (exact) mass is 369 g/mol. The van der Waals surface area contributed by atoms with Crippen LogP contribution in [0.2, 0.25) is 0 Å². The van der Waals surface area contributed by atoms with Crippen LogP contribution in [0.25, 0.3) is 10.9 Å². The van der Waals surface area contributed by atoms with Gasteiger partial charge < -0.3 is 5.32 Å². The first-order chi connectivity index (χ1) is 12.5. The minimum Gasteiger partial charge on any atom is -0.326 e. The average molecular weight is 369 g/mol. The molecule has 2 heterocycles. The SMILES string of the molecule is O=C(CCN=C1NS(=O)(=O)c2ccccc21)Nc1ccc2[nH]ncc2c1. The number of benzene rings is 2. The molecular formula is C17H15N5O3S. The van der Waals surface area contributed by atoms with Crippen molar-refractivity contribution in [1.29, 1.82) is 0 Å². The summed E-state index contributed by atoms with van der Waals surface area (Å²) in [7, 11) is -3.56. The third-order valence-corrected chi connectivity index (χ3v) is 5.39. The largest absolute Gasteiger partial charge is 0.326 e. The number of anilines is 1. The number of hydrogen-bond acceptors (Lipinski definition) is 5. The minimum atomic E-state index is -3.56. The standard InChI is InChI=1S/C17H15N5O3S/c23-16(20-12-5-6-14-11(9-12)10-19-21-14)7-8-18-17-13-3-1-2-4-15(13)26(24,25)22-17/h1-6,9-10H,7-8H2,(H,18,22)(H,19,21)(H,20,23). The zero-order valence-corrected chi connectivity index (χ0v) is 14.4. The molecule has 132 valence electrons. The molecule has 1 aliphatic heterocycles. The van der Waals surface area contributed by atoms with Crippen LogP contribution in [0, 0.1) is 0 Å². The second-order valence-corrected chi connectivity index (χ2v) is 7.45. The molecule has 1 aromatic heterocycles. The lowest BCUT2D eigenvalue weighted by Crippen LogP contribution is -2.23. The number of nitrogens with zero attached hydrogens (tertiary/aromatic N) is 2. The molecule has 3 N–H and O–H groups in total. The lowest BCUT2D eigenvalue weighted by molar-refractivity contribution is -0.116. The Morgan fingerprint density at radius 1 is 1.19 bits per heavy atom. The number of fused-ring (bicyclic) bond motifs is 2. The van der Waals surface area contributed by atoms with E-state index in [2.05, 4.69) is 25.2 Å². The number of carbonyl (C=O) groups excluding carboxylic acids is 1. The summed E-state index contributed by atoms with van der Waals surface area (Å²) in [6.07, 6.45) is 1.82. The Morgan fingerprint density at radius 2 is 2.04 bits per heavy atom. The third-order valence-electron chi connectivity index (χ3n) is 4.00. The van der Waals surface area contributed by atoms with Gasteiger partial charge in [0.05, 0.1) is 23.2 Å². The van der Waals surface area contributed by atoms with Crippen molar-refractivity contribution in [2.75, 3.05) is 11.9 Å². The number of amidine groups is 1. The molecule has 1 aliphatic rings. The molecule has 0 aliphatic carbocycles. The Balaban J connectivity index is 1.41. The van der Waals surface area contributed by atoms with Crippen LogP contribution in [0.4, 0.5) is 5.69 Å². The van der Waals surface area contributed by atoms with Crippen LogP contribution in [-0.4, -0.2) is 36.9 Å². The van der Waals surface area contributed by atoms with Crippen LogP contribution in [0.5, 0.6) is 0 Å². The number of nitrogens with one attached hydrogen (secondary N) is 3. The normalized spacial score (nSPS) is 16.4. The summed E-state index contributed by atoms with van der Waals surface area (Å²) in [5, 5.41) is 10.5. The fraction of sp³-hybridized carbons (Fsp3) is 0.118. The van der Waals surface area contributed by atoms with Gasteiger partial charge in [0.15, 0.2) is 0 Å². The van der Waals surface area contributed by atoms with Crippen molar-refractivity contribution in [3.05, 3.63) is 54.2 Å². The molecule has 8 nitrogen and oxygen atoms in total. The molecule has 0 spiro atoms. The van der Waals surface area contributed by atoms with E-state index in [1.54, 1.807) is 30.5 Å². The lowest BCUT2D eigenvalue weighted by atomic mass is 10.2. The second kappa shape index (κ2) is 6.26. The van der Waals surface area contributed by atoms with Gasteiger partial charge in [-0.2, -0.15) is 5.10 Å². The fourth-order valence-corrected chi connectivity index (χ4v) is 4.02. The summed E-state index contributed by atoms with van der Waals surface area (Å²) in [4.78, 5) is 16.5. The number of hydrogen-bond donors (Lipinski definition) is 3. The van der Waals surface area contributed by atoms with Gasteiger partial charge >= 0.3 is 0 Å². The molecule has 0 radical (unpaired) electrons. The van der Waals surface area contributed by atoms with Gasteiger partial charge in [0.2, 0.25) is 5.91 Å². The highest BCUT2D eigenvalue weighted by Gasteiger charge is 2.29. The zero-order valence-electron chi connectivity index (χ0n) is 13.6. The summed E-state index contributed by atoms with van der Waals surface area (Å²) in [6.45, 7) is 0.173. The van der Waals surface area contributed by atoms with E-state index in [1.165, 1.54) is 6.07 Å². The van der Waals surface area contributed by atoms with E-state index >= 15 is 0 Å². The van der Waals surface area contributed by atoms with Gasteiger partial charge in [0, 0.05) is 23.1 Å². The number of amides is 1. The van der Waals surface area contributed by atoms with Gasteiger partial charge in [-0.25, -0.2) is 8.42 Å². The van der Waals surface area contributed by atoms with E-state index < -0.39 is 10.0 Å². The zero-order chi connectivity index (χ0) is 18.1. The number of rotatable bonds is 4. The Morgan fingerprint density at radius 3 is 2.92 bits per heavy atom. The first-order valence-electron chi connectivity index (χ1n) is 7.92. The number of aliphatic imine (C=N–C) groups is 1. The van der Waals surface area contributed by atoms with Crippen LogP contribution >= 0.6 is 0 Å². The number of aromatic nitrogens is 2. The van der Waals surface area contributed by atoms with E-state index in [1.807, 2.05) is 12.1 Å². The molecule has 0 atom stereocenters. The van der Waals surface area contributed by atoms with Crippen molar-refractivity contribution in [3.8, 4) is 0 Å². The molecule has 26 heavy (non-hydrogen) atoms. The summed E-state index contributed by atoms with van der Waals surface area (Å²) in [5.41, 5.74) is 2.09. The predicted molar refractivity (Wildman–Crippen MR) is 97.5 cm³/mol. The maximum Gasteiger partial charge on any atom is 0.263 e. The fourth-order valence-electron chi connectivity index (χ4n) is 2.76. The summed E-state index contributed by atoms with van der Waals surface area (Å²) in [5.74, 6) is 0.0690. The molecule has 3 aromatic rings. The van der Waals surface area contributed by atoms with Gasteiger partial charge in [0.1, 0.15) is 5.84 Å². The maximum atomic E-state index is 12.1. The lowest BCUT2D eigenvalue weighted by Gasteiger charge is -2.04. The second-order valence-electron chi connectivity index (χ2n) is 5.80. The highest BCUT2D eigenvalue weighted by atomic mass is 32.2. The highest BCUT2D eigenvalue weighted by Crippen LogP contribution is 2.22. The molecule has 9 heteroatoms. The smallest absolute Gasteiger partial charge is 0.263 e. The summed E-state index contributed by atoms with van der Waals surface area (Å²) >= 11 is 0. The molecular weight excluding hydrogens is 354 g/mol. The van der Waals surface area contributed by atoms with Crippen LogP contribution in [0.15, 0.2) is 58.5 Å². The third kappa shape index (κ3) is 3.04. The van der Waals surface area contributed by atoms with Crippen LogP contribution in [0.1, 0.15) is 12.0 Å². The van der Waals surface area contributed by atoms with E-state index in [-0.39, 0.29) is 29.6 Å². The van der Waals surface area contributed by atoms with Crippen molar-refractivity contribution in [2.45, 2.75) is 11.3 Å². The Labute approximate surface area is 149 Å². The van der Waals surface area contributed by atoms with Gasteiger partial charge in [0.25, 0.3) is 10.0 Å². The van der Waals surface area contributed by atoms with Crippen LogP contribution in [0.3, 0.4) is 0 Å². The Hall–Kier alpha value is -3.20. The summed E-state index contributed by atoms with van der Waals surface area (Å²) < 4.78 is 26.4. The van der Waals surface area contributed by atoms with E-state index in [4.69, 9.17) is 0 Å². The number of H-pyrrole nitrogens is 1. The minimum absolute atomic E-state index is 0.136. The van der Waals surface area contributed by atoms with Crippen molar-refractivity contribution in [1.82, 2.24) is 14.9 Å². The number of carbonyl (C=O) groups is 1. The molecule has 4 rings (SSSR count). The van der Waals surface area contributed by atoms with Crippen molar-refractivity contribution in [3.63, 3.8) is 0 Å². The van der Waals surface area contributed by atoms with Crippen LogP contribution < -0.4 is 10.0 Å². The quantitative estimate of drug-likeness (QED) is 0.648. The molecule has 0 fully saturated rings. The molecule has 0 bridgehead atoms. The predicted octanol–water partition coefficient (Wildman–Crippen LogP) is 1.63. The van der Waals surface area contributed by atoms with Crippen molar-refractivity contribution in [2.24, 2.45) is 4.99 Å². The maximum absolute atomic E-state index is 12.1. The van der Waals surface area contributed by atoms with Gasteiger partial charge in [-0.1, -0.05) is 12.1 Å². The molecule has 2 aromatic carbocycles. The number of sulfonamides is 1. The Kier molecular flexibility index (Phi) is 3.92. The van der Waals surface area contributed by atoms with Crippen molar-refractivity contribution >= 4 is 38.4 Å². The number of aromatic amines is 1. The first kappa shape index (κ1) is 16.3. The first-order valence-corrected chi connectivity index (χ1v) is 9.41. The molecule has 0 saturated carbocycles. The topological polar surface area (TPSA) is 116 Å². The van der Waals surface area contributed by atoms with Gasteiger partial charge in [-0.3, -0.25) is 19.6 Å². The Bertz CT molecular complexity index is 1130. The van der Waals surface area contributed by atoms with Gasteiger partial charge in [-0.15, -0.1) is 0 Å². The molecule has 0 saturated heterocycles. The average Bonchev–Trinajstić information content (AvgIpc) is 3.17. The van der Waals surface area contributed by atoms with Gasteiger partial charge in [-0.05, 0) is 30.3 Å². The summed E-state index contributed by atoms with van der Waals surface area (Å²) in [6, 6.07) is 12.1. The highest BCUT2D eigenvalue weighted by molar-refractivity contribution is 7.90. The molecule has 0 unspecified atom stereocenters. The van der Waals surface area contributed by atoms with Crippen LogP contribution in [-0.2, 0) is 14.8 Å².